The Bertz CT molecular complexity index is 967. The van der Waals surface area contributed by atoms with Gasteiger partial charge in [-0.2, -0.15) is 0 Å². The number of hydrogen-bond acceptors (Lipinski definition) is 5. The molecule has 1 atom stereocenters. The van der Waals surface area contributed by atoms with Crippen molar-refractivity contribution in [3.05, 3.63) is 53.7 Å². The lowest BCUT2D eigenvalue weighted by Gasteiger charge is -2.11. The van der Waals surface area contributed by atoms with E-state index in [0.717, 1.165) is 11.8 Å². The third-order valence-electron chi connectivity index (χ3n) is 4.86. The fourth-order valence-electron chi connectivity index (χ4n) is 3.31. The lowest BCUT2D eigenvalue weighted by molar-refractivity contribution is -0.138. The molecule has 1 saturated heterocycles. The van der Waals surface area contributed by atoms with E-state index in [1.807, 2.05) is 0 Å². The molecule has 0 aliphatic carbocycles. The lowest BCUT2D eigenvalue weighted by Crippen LogP contribution is -2.28. The SMILES string of the molecule is CCOC(=O)C(=CCC[C@H]1CCNC1=O)NC(=O)c1ccc2ccc(O)cc2c1. The van der Waals surface area contributed by atoms with Crippen LogP contribution in [0.1, 0.15) is 36.5 Å². The van der Waals surface area contributed by atoms with Crippen LogP contribution in [0.15, 0.2) is 48.2 Å². The van der Waals surface area contributed by atoms with E-state index in [-0.39, 0.29) is 29.9 Å². The average molecular weight is 396 g/mol. The summed E-state index contributed by atoms with van der Waals surface area (Å²) in [6.45, 7) is 2.55. The number of allylic oxidation sites excluding steroid dienone is 1. The highest BCUT2D eigenvalue weighted by Gasteiger charge is 2.23. The molecule has 3 rings (SSSR count). The van der Waals surface area contributed by atoms with Crippen molar-refractivity contribution in [1.82, 2.24) is 10.6 Å². The molecule has 1 aliphatic heterocycles. The monoisotopic (exact) mass is 396 g/mol. The first-order valence-corrected chi connectivity index (χ1v) is 9.67. The number of carbonyl (C=O) groups excluding carboxylic acids is 3. The highest BCUT2D eigenvalue weighted by atomic mass is 16.5. The van der Waals surface area contributed by atoms with Gasteiger partial charge in [-0.05, 0) is 61.2 Å². The molecule has 152 valence electrons. The number of carbonyl (C=O) groups is 3. The molecule has 0 bridgehead atoms. The van der Waals surface area contributed by atoms with Crippen molar-refractivity contribution in [2.24, 2.45) is 5.92 Å². The van der Waals surface area contributed by atoms with E-state index in [4.69, 9.17) is 4.74 Å². The zero-order valence-corrected chi connectivity index (χ0v) is 16.2. The third-order valence-corrected chi connectivity index (χ3v) is 4.86. The van der Waals surface area contributed by atoms with Crippen LogP contribution in [-0.2, 0) is 14.3 Å². The van der Waals surface area contributed by atoms with Gasteiger partial charge in [0, 0.05) is 18.0 Å². The number of amides is 2. The number of fused-ring (bicyclic) bond motifs is 1. The molecule has 0 unspecified atom stereocenters. The predicted octanol–water partition coefficient (Wildman–Crippen LogP) is 2.64. The molecule has 7 heteroatoms. The normalized spacial score (nSPS) is 16.5. The van der Waals surface area contributed by atoms with Crippen LogP contribution in [0, 0.1) is 5.92 Å². The molecule has 3 N–H and O–H groups in total. The van der Waals surface area contributed by atoms with E-state index in [0.29, 0.717) is 30.3 Å². The lowest BCUT2D eigenvalue weighted by atomic mass is 10.0. The number of phenols is 1. The first-order chi connectivity index (χ1) is 14.0. The van der Waals surface area contributed by atoms with Crippen molar-refractivity contribution >= 4 is 28.6 Å². The van der Waals surface area contributed by atoms with Gasteiger partial charge in [-0.3, -0.25) is 9.59 Å². The molecule has 2 amide bonds. The summed E-state index contributed by atoms with van der Waals surface area (Å²) in [6.07, 6.45) is 3.45. The number of esters is 1. The van der Waals surface area contributed by atoms with Crippen LogP contribution in [0.3, 0.4) is 0 Å². The van der Waals surface area contributed by atoms with Crippen molar-refractivity contribution in [3.8, 4) is 5.75 Å². The molecular weight excluding hydrogens is 372 g/mol. The largest absolute Gasteiger partial charge is 0.508 e. The predicted molar refractivity (Wildman–Crippen MR) is 108 cm³/mol. The van der Waals surface area contributed by atoms with Gasteiger partial charge in [0.25, 0.3) is 5.91 Å². The highest BCUT2D eigenvalue weighted by Crippen LogP contribution is 2.21. The van der Waals surface area contributed by atoms with E-state index in [1.165, 1.54) is 0 Å². The molecule has 0 spiro atoms. The molecule has 0 saturated carbocycles. The summed E-state index contributed by atoms with van der Waals surface area (Å²) in [5.74, 6) is -1.00. The maximum Gasteiger partial charge on any atom is 0.354 e. The fourth-order valence-corrected chi connectivity index (χ4v) is 3.31. The summed E-state index contributed by atoms with van der Waals surface area (Å²) in [4.78, 5) is 36.6. The van der Waals surface area contributed by atoms with Crippen LogP contribution >= 0.6 is 0 Å². The fraction of sp³-hybridized carbons (Fsp3) is 0.318. The zero-order chi connectivity index (χ0) is 20.8. The minimum atomic E-state index is -0.616. The van der Waals surface area contributed by atoms with E-state index >= 15 is 0 Å². The van der Waals surface area contributed by atoms with Crippen molar-refractivity contribution in [1.29, 1.82) is 0 Å². The van der Waals surface area contributed by atoms with Gasteiger partial charge in [0.15, 0.2) is 0 Å². The minimum absolute atomic E-state index is 0.0273. The van der Waals surface area contributed by atoms with Crippen LogP contribution < -0.4 is 10.6 Å². The van der Waals surface area contributed by atoms with Gasteiger partial charge in [-0.15, -0.1) is 0 Å². The number of hydrogen-bond donors (Lipinski definition) is 3. The molecular formula is C22H24N2O5. The summed E-state index contributed by atoms with van der Waals surface area (Å²) < 4.78 is 5.04. The summed E-state index contributed by atoms with van der Waals surface area (Å²) in [6, 6.07) is 9.98. The first-order valence-electron chi connectivity index (χ1n) is 9.67. The second-order valence-corrected chi connectivity index (χ2v) is 6.89. The van der Waals surface area contributed by atoms with Gasteiger partial charge in [0.2, 0.25) is 5.91 Å². The first kappa shape index (κ1) is 20.4. The Morgan fingerprint density at radius 1 is 1.24 bits per heavy atom. The molecule has 1 heterocycles. The van der Waals surface area contributed by atoms with Crippen LogP contribution in [0.2, 0.25) is 0 Å². The van der Waals surface area contributed by atoms with Crippen LogP contribution in [0.4, 0.5) is 0 Å². The second kappa shape index (κ2) is 9.23. The molecule has 29 heavy (non-hydrogen) atoms. The second-order valence-electron chi connectivity index (χ2n) is 6.89. The van der Waals surface area contributed by atoms with Gasteiger partial charge in [-0.1, -0.05) is 18.2 Å². The number of phenolic OH excluding ortho intramolecular Hbond substituents is 1. The Morgan fingerprint density at radius 2 is 2.03 bits per heavy atom. The van der Waals surface area contributed by atoms with Gasteiger partial charge >= 0.3 is 5.97 Å². The Morgan fingerprint density at radius 3 is 2.76 bits per heavy atom. The number of ether oxygens (including phenoxy) is 1. The third kappa shape index (κ3) is 5.13. The molecule has 1 aliphatic rings. The van der Waals surface area contributed by atoms with Gasteiger partial charge in [0.05, 0.1) is 6.61 Å². The van der Waals surface area contributed by atoms with E-state index in [9.17, 15) is 19.5 Å². The number of benzene rings is 2. The Hall–Kier alpha value is -3.35. The molecule has 0 aromatic heterocycles. The summed E-state index contributed by atoms with van der Waals surface area (Å²) >= 11 is 0. The molecule has 2 aromatic carbocycles. The highest BCUT2D eigenvalue weighted by molar-refractivity contribution is 6.03. The maximum absolute atomic E-state index is 12.7. The van der Waals surface area contributed by atoms with Gasteiger partial charge < -0.3 is 20.5 Å². The van der Waals surface area contributed by atoms with Crippen molar-refractivity contribution < 1.29 is 24.2 Å². The van der Waals surface area contributed by atoms with Crippen LogP contribution in [0.5, 0.6) is 5.75 Å². The van der Waals surface area contributed by atoms with Crippen molar-refractivity contribution in [2.45, 2.75) is 26.2 Å². The quantitative estimate of drug-likeness (QED) is 0.493. The number of rotatable bonds is 7. The molecule has 2 aromatic rings. The number of nitrogens with one attached hydrogen (secondary N) is 2. The Labute approximate surface area is 168 Å². The standard InChI is InChI=1S/C22H24N2O5/c1-2-29-22(28)19(5-3-4-15-10-11-23-20(15)26)24-21(27)16-7-6-14-8-9-18(25)13-17(14)12-16/h5-9,12-13,15,25H,2-4,10-11H2,1H3,(H,23,26)(H,24,27)/t15-/m0/s1. The van der Waals surface area contributed by atoms with E-state index in [1.54, 1.807) is 49.4 Å². The minimum Gasteiger partial charge on any atom is -0.508 e. The van der Waals surface area contributed by atoms with Crippen LogP contribution in [-0.4, -0.2) is 36.0 Å². The summed E-state index contributed by atoms with van der Waals surface area (Å²) in [5.41, 5.74) is 0.416. The van der Waals surface area contributed by atoms with Crippen molar-refractivity contribution in [2.75, 3.05) is 13.2 Å². The van der Waals surface area contributed by atoms with Gasteiger partial charge in [0.1, 0.15) is 11.4 Å². The Kier molecular flexibility index (Phi) is 6.49. The average Bonchev–Trinajstić information content (AvgIpc) is 3.11. The molecule has 1 fully saturated rings. The Balaban J connectivity index is 1.73. The van der Waals surface area contributed by atoms with Crippen molar-refractivity contribution in [3.63, 3.8) is 0 Å². The van der Waals surface area contributed by atoms with Gasteiger partial charge in [-0.25, -0.2) is 4.79 Å². The van der Waals surface area contributed by atoms with E-state index in [2.05, 4.69) is 10.6 Å². The maximum atomic E-state index is 12.7. The molecule has 0 radical (unpaired) electrons. The van der Waals surface area contributed by atoms with Crippen LogP contribution in [0.25, 0.3) is 10.8 Å². The smallest absolute Gasteiger partial charge is 0.354 e. The topological polar surface area (TPSA) is 105 Å². The summed E-state index contributed by atoms with van der Waals surface area (Å²) in [7, 11) is 0. The van der Waals surface area contributed by atoms with E-state index < -0.39 is 11.9 Å². The number of aromatic hydroxyl groups is 1. The molecule has 7 nitrogen and oxygen atoms in total. The summed E-state index contributed by atoms with van der Waals surface area (Å²) in [5, 5.41) is 16.6. The zero-order valence-electron chi connectivity index (χ0n) is 16.2.